The van der Waals surface area contributed by atoms with Crippen molar-refractivity contribution in [2.75, 3.05) is 57.8 Å². The van der Waals surface area contributed by atoms with Crippen molar-refractivity contribution < 1.29 is 36.9 Å². The zero-order chi connectivity index (χ0) is 24.0. The summed E-state index contributed by atoms with van der Waals surface area (Å²) in [5, 5.41) is 4.84. The second-order valence-corrected chi connectivity index (χ2v) is 7.13. The molecule has 1 aliphatic rings. The number of anilines is 2. The summed E-state index contributed by atoms with van der Waals surface area (Å²) in [6, 6.07) is 6.36. The van der Waals surface area contributed by atoms with Crippen molar-refractivity contribution in [2.45, 2.75) is 12.7 Å². The lowest BCUT2D eigenvalue weighted by Crippen LogP contribution is -2.36. The fourth-order valence-electron chi connectivity index (χ4n) is 3.54. The lowest BCUT2D eigenvalue weighted by molar-refractivity contribution is -0.136. The number of carbonyl (C=O) groups is 1. The molecule has 1 heterocycles. The van der Waals surface area contributed by atoms with Crippen molar-refractivity contribution in [1.29, 1.82) is 0 Å². The molecule has 2 amide bonds. The maximum Gasteiger partial charge on any atom is 0.418 e. The van der Waals surface area contributed by atoms with E-state index >= 15 is 0 Å². The number of carbonyl (C=O) groups excluding carboxylic acids is 1. The number of benzene rings is 2. The van der Waals surface area contributed by atoms with Crippen molar-refractivity contribution in [3.63, 3.8) is 0 Å². The molecular formula is C22H26F3N3O5. The molecule has 0 radical (unpaired) electrons. The topological polar surface area (TPSA) is 81.3 Å². The molecule has 0 spiro atoms. The standard InChI is InChI=1S/C22H26F3N3O5/c1-30-18-7-4-14(19(31-2)20(18)32-3)13-26-21(29)27-17-6-5-15(12-16(17)22(23,24)25)28-8-10-33-11-9-28/h4-7,12H,8-11,13H2,1-3H3,(H2,26,27,29). The van der Waals surface area contributed by atoms with Crippen molar-refractivity contribution in [1.82, 2.24) is 5.32 Å². The third-order valence-corrected chi connectivity index (χ3v) is 5.16. The largest absolute Gasteiger partial charge is 0.493 e. The molecule has 2 N–H and O–H groups in total. The molecule has 0 aromatic heterocycles. The lowest BCUT2D eigenvalue weighted by atomic mass is 10.1. The number of alkyl halides is 3. The van der Waals surface area contributed by atoms with Crippen LogP contribution in [0.2, 0.25) is 0 Å². The highest BCUT2D eigenvalue weighted by Crippen LogP contribution is 2.40. The third kappa shape index (κ3) is 5.72. The van der Waals surface area contributed by atoms with Gasteiger partial charge in [0, 0.05) is 30.9 Å². The summed E-state index contributed by atoms with van der Waals surface area (Å²) >= 11 is 0. The van der Waals surface area contributed by atoms with E-state index in [2.05, 4.69) is 10.6 Å². The molecule has 180 valence electrons. The van der Waals surface area contributed by atoms with Crippen molar-refractivity contribution in [3.8, 4) is 17.2 Å². The van der Waals surface area contributed by atoms with E-state index in [0.29, 0.717) is 54.8 Å². The molecular weight excluding hydrogens is 443 g/mol. The van der Waals surface area contributed by atoms with Crippen molar-refractivity contribution >= 4 is 17.4 Å². The van der Waals surface area contributed by atoms with E-state index in [1.165, 1.54) is 27.4 Å². The molecule has 3 rings (SSSR count). The fraction of sp³-hybridized carbons (Fsp3) is 0.409. The van der Waals surface area contributed by atoms with E-state index in [-0.39, 0.29) is 12.2 Å². The molecule has 1 aliphatic heterocycles. The Labute approximate surface area is 189 Å². The fourth-order valence-corrected chi connectivity index (χ4v) is 3.54. The number of halogens is 3. The highest BCUT2D eigenvalue weighted by atomic mass is 19.4. The molecule has 0 bridgehead atoms. The number of nitrogens with zero attached hydrogens (tertiary/aromatic N) is 1. The van der Waals surface area contributed by atoms with Gasteiger partial charge in [-0.05, 0) is 30.3 Å². The number of hydrogen-bond donors (Lipinski definition) is 2. The van der Waals surface area contributed by atoms with Gasteiger partial charge in [-0.3, -0.25) is 0 Å². The van der Waals surface area contributed by atoms with Crippen LogP contribution in [0.3, 0.4) is 0 Å². The van der Waals surface area contributed by atoms with Gasteiger partial charge in [-0.1, -0.05) is 0 Å². The maximum absolute atomic E-state index is 13.7. The molecule has 0 saturated carbocycles. The molecule has 0 atom stereocenters. The van der Waals surface area contributed by atoms with Crippen LogP contribution in [-0.2, 0) is 17.5 Å². The Morgan fingerprint density at radius 2 is 1.73 bits per heavy atom. The summed E-state index contributed by atoms with van der Waals surface area (Å²) < 4.78 is 62.2. The summed E-state index contributed by atoms with van der Waals surface area (Å²) in [5.41, 5.74) is -0.280. The van der Waals surface area contributed by atoms with Crippen molar-refractivity contribution in [3.05, 3.63) is 41.5 Å². The van der Waals surface area contributed by atoms with Crippen LogP contribution in [0.15, 0.2) is 30.3 Å². The molecule has 11 heteroatoms. The number of ether oxygens (including phenoxy) is 4. The summed E-state index contributed by atoms with van der Waals surface area (Å²) in [4.78, 5) is 14.2. The second-order valence-electron chi connectivity index (χ2n) is 7.13. The van der Waals surface area contributed by atoms with Crippen LogP contribution in [0.4, 0.5) is 29.3 Å². The Kier molecular flexibility index (Phi) is 7.75. The van der Waals surface area contributed by atoms with Crippen LogP contribution >= 0.6 is 0 Å². The molecule has 1 saturated heterocycles. The van der Waals surface area contributed by atoms with Crippen LogP contribution < -0.4 is 29.7 Å². The molecule has 0 aliphatic carbocycles. The van der Waals surface area contributed by atoms with Gasteiger partial charge in [0.1, 0.15) is 0 Å². The van der Waals surface area contributed by atoms with Crippen LogP contribution in [-0.4, -0.2) is 53.7 Å². The molecule has 2 aromatic carbocycles. The first-order chi connectivity index (χ1) is 15.8. The van der Waals surface area contributed by atoms with E-state index in [4.69, 9.17) is 18.9 Å². The lowest BCUT2D eigenvalue weighted by Gasteiger charge is -2.29. The van der Waals surface area contributed by atoms with Gasteiger partial charge >= 0.3 is 12.2 Å². The minimum Gasteiger partial charge on any atom is -0.493 e. The zero-order valence-electron chi connectivity index (χ0n) is 18.5. The second kappa shape index (κ2) is 10.5. The van der Waals surface area contributed by atoms with E-state index in [1.54, 1.807) is 18.2 Å². The first-order valence-electron chi connectivity index (χ1n) is 10.1. The Hall–Kier alpha value is -3.34. The van der Waals surface area contributed by atoms with Gasteiger partial charge in [0.05, 0.1) is 45.8 Å². The van der Waals surface area contributed by atoms with Gasteiger partial charge in [0.15, 0.2) is 11.5 Å². The predicted molar refractivity (Wildman–Crippen MR) is 116 cm³/mol. The normalized spacial score (nSPS) is 13.9. The van der Waals surface area contributed by atoms with Gasteiger partial charge in [-0.15, -0.1) is 0 Å². The maximum atomic E-state index is 13.7. The number of morpholine rings is 1. The number of urea groups is 1. The smallest absolute Gasteiger partial charge is 0.418 e. The molecule has 33 heavy (non-hydrogen) atoms. The highest BCUT2D eigenvalue weighted by molar-refractivity contribution is 5.90. The van der Waals surface area contributed by atoms with Crippen LogP contribution in [0.5, 0.6) is 17.2 Å². The van der Waals surface area contributed by atoms with Gasteiger partial charge in [-0.2, -0.15) is 13.2 Å². The quantitative estimate of drug-likeness (QED) is 0.641. The highest BCUT2D eigenvalue weighted by Gasteiger charge is 2.35. The minimum absolute atomic E-state index is 0.0113. The van der Waals surface area contributed by atoms with Gasteiger partial charge in [0.2, 0.25) is 5.75 Å². The van der Waals surface area contributed by atoms with Crippen LogP contribution in [0.25, 0.3) is 0 Å². The number of methoxy groups -OCH3 is 3. The summed E-state index contributed by atoms with van der Waals surface area (Å²) in [5.74, 6) is 1.14. The third-order valence-electron chi connectivity index (χ3n) is 5.16. The SMILES string of the molecule is COc1ccc(CNC(=O)Nc2ccc(N3CCOCC3)cc2C(F)(F)F)c(OC)c1OC. The Morgan fingerprint density at radius 3 is 2.33 bits per heavy atom. The van der Waals surface area contributed by atoms with Crippen LogP contribution in [0.1, 0.15) is 11.1 Å². The van der Waals surface area contributed by atoms with Crippen LogP contribution in [0, 0.1) is 0 Å². The summed E-state index contributed by atoms with van der Waals surface area (Å²) in [6.45, 7) is 1.88. The Balaban J connectivity index is 1.75. The molecule has 1 fully saturated rings. The average molecular weight is 469 g/mol. The zero-order valence-corrected chi connectivity index (χ0v) is 18.5. The number of nitrogens with one attached hydrogen (secondary N) is 2. The minimum atomic E-state index is -4.64. The number of rotatable bonds is 7. The molecule has 8 nitrogen and oxygen atoms in total. The van der Waals surface area contributed by atoms with E-state index in [9.17, 15) is 18.0 Å². The Bertz CT molecular complexity index is 978. The number of amides is 2. The predicted octanol–water partition coefficient (Wildman–Crippen LogP) is 3.89. The van der Waals surface area contributed by atoms with Gasteiger partial charge < -0.3 is 34.5 Å². The number of hydrogen-bond acceptors (Lipinski definition) is 6. The van der Waals surface area contributed by atoms with E-state index < -0.39 is 17.8 Å². The van der Waals surface area contributed by atoms with Crippen molar-refractivity contribution in [2.24, 2.45) is 0 Å². The van der Waals surface area contributed by atoms with Gasteiger partial charge in [0.25, 0.3) is 0 Å². The van der Waals surface area contributed by atoms with Gasteiger partial charge in [-0.25, -0.2) is 4.79 Å². The summed E-state index contributed by atoms with van der Waals surface area (Å²) in [6.07, 6.45) is -4.64. The first kappa shape index (κ1) is 24.3. The summed E-state index contributed by atoms with van der Waals surface area (Å²) in [7, 11) is 4.36. The average Bonchev–Trinajstić information content (AvgIpc) is 2.82. The molecule has 0 unspecified atom stereocenters. The Morgan fingerprint density at radius 1 is 1.03 bits per heavy atom. The first-order valence-corrected chi connectivity index (χ1v) is 10.1. The monoisotopic (exact) mass is 469 g/mol. The molecule has 2 aromatic rings. The van der Waals surface area contributed by atoms with E-state index in [0.717, 1.165) is 6.07 Å². The van der Waals surface area contributed by atoms with E-state index in [1.807, 2.05) is 4.90 Å².